The van der Waals surface area contributed by atoms with Gasteiger partial charge < -0.3 is 10.4 Å². The van der Waals surface area contributed by atoms with Crippen molar-refractivity contribution in [2.75, 3.05) is 5.32 Å². The van der Waals surface area contributed by atoms with E-state index in [9.17, 15) is 5.11 Å². The van der Waals surface area contributed by atoms with Gasteiger partial charge in [0.15, 0.2) is 5.65 Å². The van der Waals surface area contributed by atoms with Gasteiger partial charge in [0.05, 0.1) is 11.8 Å². The molecular formula is C19H23N5O. The molecule has 1 atom stereocenters. The third-order valence-corrected chi connectivity index (χ3v) is 4.74. The molecule has 3 N–H and O–H groups in total. The number of aliphatic hydroxyl groups is 1. The number of hydrogen-bond donors (Lipinski definition) is 3. The lowest BCUT2D eigenvalue weighted by Gasteiger charge is -2.25. The van der Waals surface area contributed by atoms with E-state index in [4.69, 9.17) is 0 Å². The van der Waals surface area contributed by atoms with Crippen molar-refractivity contribution in [3.8, 4) is 0 Å². The summed E-state index contributed by atoms with van der Waals surface area (Å²) < 4.78 is 1.69. The summed E-state index contributed by atoms with van der Waals surface area (Å²) in [5.41, 5.74) is 2.35. The molecule has 1 unspecified atom stereocenters. The third-order valence-electron chi connectivity index (χ3n) is 4.74. The second kappa shape index (κ2) is 7.21. The number of para-hydroxylation sites is 1. The molecule has 2 aromatic heterocycles. The Bertz CT molecular complexity index is 826. The number of aliphatic hydroxyl groups excluding tert-OH is 1. The zero-order chi connectivity index (χ0) is 17.1. The number of nitrogens with zero attached hydrogens (tertiary/aromatic N) is 3. The first-order valence-corrected chi connectivity index (χ1v) is 8.90. The molecule has 2 heterocycles. The van der Waals surface area contributed by atoms with Gasteiger partial charge >= 0.3 is 0 Å². The van der Waals surface area contributed by atoms with Gasteiger partial charge in [0, 0.05) is 17.9 Å². The van der Waals surface area contributed by atoms with Gasteiger partial charge in [-0.25, -0.2) is 9.50 Å². The summed E-state index contributed by atoms with van der Waals surface area (Å²) in [6.45, 7) is 0. The highest BCUT2D eigenvalue weighted by Crippen LogP contribution is 2.23. The highest BCUT2D eigenvalue weighted by Gasteiger charge is 2.20. The lowest BCUT2D eigenvalue weighted by Crippen LogP contribution is -2.34. The first-order valence-electron chi connectivity index (χ1n) is 8.90. The molecule has 1 saturated carbocycles. The maximum absolute atomic E-state index is 10.6. The van der Waals surface area contributed by atoms with Gasteiger partial charge in [-0.2, -0.15) is 5.10 Å². The summed E-state index contributed by atoms with van der Waals surface area (Å²) in [5, 5.41) is 21.5. The Balaban J connectivity index is 1.55. The van der Waals surface area contributed by atoms with Crippen molar-refractivity contribution in [3.05, 3.63) is 54.4 Å². The molecule has 0 aliphatic heterocycles. The van der Waals surface area contributed by atoms with Crippen molar-refractivity contribution >= 4 is 17.2 Å². The van der Waals surface area contributed by atoms with Crippen molar-refractivity contribution in [2.45, 2.75) is 44.4 Å². The minimum Gasteiger partial charge on any atom is -0.374 e. The SMILES string of the molecule is OC(NC1CCCCC1)c1cnn2ccc(Nc3ccccc3)nc12. The van der Waals surface area contributed by atoms with Crippen LogP contribution in [0.1, 0.15) is 43.9 Å². The molecule has 0 amide bonds. The van der Waals surface area contributed by atoms with E-state index in [0.29, 0.717) is 17.3 Å². The Morgan fingerprint density at radius 3 is 2.68 bits per heavy atom. The number of rotatable bonds is 5. The van der Waals surface area contributed by atoms with Crippen molar-refractivity contribution in [2.24, 2.45) is 0 Å². The average Bonchev–Trinajstić information content (AvgIpc) is 3.07. The lowest BCUT2D eigenvalue weighted by atomic mass is 9.95. The van der Waals surface area contributed by atoms with Crippen LogP contribution >= 0.6 is 0 Å². The van der Waals surface area contributed by atoms with Crippen LogP contribution in [0.3, 0.4) is 0 Å². The van der Waals surface area contributed by atoms with E-state index in [1.165, 1.54) is 19.3 Å². The zero-order valence-electron chi connectivity index (χ0n) is 14.1. The van der Waals surface area contributed by atoms with E-state index in [1.807, 2.05) is 42.6 Å². The topological polar surface area (TPSA) is 74.5 Å². The fourth-order valence-corrected chi connectivity index (χ4v) is 3.40. The Morgan fingerprint density at radius 2 is 1.88 bits per heavy atom. The fourth-order valence-electron chi connectivity index (χ4n) is 3.40. The van der Waals surface area contributed by atoms with E-state index >= 15 is 0 Å². The van der Waals surface area contributed by atoms with Gasteiger partial charge in [0.1, 0.15) is 12.0 Å². The highest BCUT2D eigenvalue weighted by molar-refractivity contribution is 5.59. The standard InChI is InChI=1S/C19H23N5O/c25-19(22-15-9-5-2-6-10-15)16-13-20-24-12-11-17(23-18(16)24)21-14-7-3-1-4-8-14/h1,3-4,7-8,11-13,15,19,22,25H,2,5-6,9-10H2,(H,21,23). The Hall–Kier alpha value is -2.44. The molecule has 1 aromatic carbocycles. The van der Waals surface area contributed by atoms with Crippen LogP contribution in [0.4, 0.5) is 11.5 Å². The molecule has 0 bridgehead atoms. The quantitative estimate of drug-likeness (QED) is 0.622. The fraction of sp³-hybridized carbons (Fsp3) is 0.368. The van der Waals surface area contributed by atoms with Gasteiger partial charge in [-0.05, 0) is 31.0 Å². The van der Waals surface area contributed by atoms with E-state index in [0.717, 1.165) is 24.3 Å². The molecule has 0 saturated heterocycles. The monoisotopic (exact) mass is 337 g/mol. The zero-order valence-corrected chi connectivity index (χ0v) is 14.1. The maximum Gasteiger partial charge on any atom is 0.164 e. The van der Waals surface area contributed by atoms with Crippen LogP contribution < -0.4 is 10.6 Å². The third kappa shape index (κ3) is 3.65. The number of nitrogens with one attached hydrogen (secondary N) is 2. The molecule has 6 heteroatoms. The Labute approximate surface area is 146 Å². The van der Waals surface area contributed by atoms with Crippen molar-refractivity contribution in [1.29, 1.82) is 0 Å². The molecule has 130 valence electrons. The van der Waals surface area contributed by atoms with Crippen LogP contribution in [-0.2, 0) is 0 Å². The summed E-state index contributed by atoms with van der Waals surface area (Å²) >= 11 is 0. The smallest absolute Gasteiger partial charge is 0.164 e. The lowest BCUT2D eigenvalue weighted by molar-refractivity contribution is 0.115. The highest BCUT2D eigenvalue weighted by atomic mass is 16.3. The predicted octanol–water partition coefficient (Wildman–Crippen LogP) is 3.39. The average molecular weight is 337 g/mol. The van der Waals surface area contributed by atoms with Gasteiger partial charge in [-0.1, -0.05) is 37.5 Å². The van der Waals surface area contributed by atoms with Gasteiger partial charge in [-0.15, -0.1) is 0 Å². The van der Waals surface area contributed by atoms with Crippen LogP contribution in [0.25, 0.3) is 5.65 Å². The molecular weight excluding hydrogens is 314 g/mol. The first-order chi connectivity index (χ1) is 12.3. The van der Waals surface area contributed by atoms with E-state index < -0.39 is 6.23 Å². The predicted molar refractivity (Wildman–Crippen MR) is 97.7 cm³/mol. The van der Waals surface area contributed by atoms with E-state index in [2.05, 4.69) is 20.7 Å². The minimum absolute atomic E-state index is 0.365. The van der Waals surface area contributed by atoms with Crippen LogP contribution in [0.5, 0.6) is 0 Å². The number of aromatic nitrogens is 3. The summed E-state index contributed by atoms with van der Waals surface area (Å²) in [7, 11) is 0. The van der Waals surface area contributed by atoms with Gasteiger partial charge in [0.25, 0.3) is 0 Å². The minimum atomic E-state index is -0.750. The normalized spacial score (nSPS) is 16.8. The van der Waals surface area contributed by atoms with Gasteiger partial charge in [-0.3, -0.25) is 5.32 Å². The Morgan fingerprint density at radius 1 is 1.08 bits per heavy atom. The molecule has 1 fully saturated rings. The largest absolute Gasteiger partial charge is 0.374 e. The maximum atomic E-state index is 10.6. The van der Waals surface area contributed by atoms with Crippen LogP contribution in [-0.4, -0.2) is 25.7 Å². The molecule has 25 heavy (non-hydrogen) atoms. The first kappa shape index (κ1) is 16.1. The summed E-state index contributed by atoms with van der Waals surface area (Å²) in [6, 6.07) is 12.1. The van der Waals surface area contributed by atoms with Crippen molar-refractivity contribution in [3.63, 3.8) is 0 Å². The number of hydrogen-bond acceptors (Lipinski definition) is 5. The van der Waals surface area contributed by atoms with Crippen LogP contribution in [0, 0.1) is 0 Å². The van der Waals surface area contributed by atoms with Crippen molar-refractivity contribution < 1.29 is 5.11 Å². The van der Waals surface area contributed by atoms with E-state index in [1.54, 1.807) is 10.7 Å². The Kier molecular flexibility index (Phi) is 4.63. The number of fused-ring (bicyclic) bond motifs is 1. The molecule has 4 rings (SSSR count). The summed E-state index contributed by atoms with van der Waals surface area (Å²) in [4.78, 5) is 4.63. The number of anilines is 2. The summed E-state index contributed by atoms with van der Waals surface area (Å²) in [5.74, 6) is 0.727. The van der Waals surface area contributed by atoms with Crippen LogP contribution in [0.2, 0.25) is 0 Å². The second-order valence-electron chi connectivity index (χ2n) is 6.58. The second-order valence-corrected chi connectivity index (χ2v) is 6.58. The molecule has 6 nitrogen and oxygen atoms in total. The molecule has 0 radical (unpaired) electrons. The summed E-state index contributed by atoms with van der Waals surface area (Å²) in [6.07, 6.45) is 8.76. The number of benzene rings is 1. The molecule has 1 aliphatic rings. The van der Waals surface area contributed by atoms with E-state index in [-0.39, 0.29) is 0 Å². The van der Waals surface area contributed by atoms with Gasteiger partial charge in [0.2, 0.25) is 0 Å². The molecule has 0 spiro atoms. The van der Waals surface area contributed by atoms with Crippen LogP contribution in [0.15, 0.2) is 48.8 Å². The molecule has 1 aliphatic carbocycles. The molecule has 3 aromatic rings. The van der Waals surface area contributed by atoms with Crippen molar-refractivity contribution in [1.82, 2.24) is 19.9 Å².